The van der Waals surface area contributed by atoms with Crippen molar-refractivity contribution in [3.63, 3.8) is 0 Å². The number of benzene rings is 1. The normalized spacial score (nSPS) is 23.0. The highest BCUT2D eigenvalue weighted by atomic mass is 19.1. The fraction of sp³-hybridized carbons (Fsp3) is 0.667. The Balaban J connectivity index is 2.18. The van der Waals surface area contributed by atoms with Crippen molar-refractivity contribution in [3.8, 4) is 0 Å². The molecule has 118 valence electrons. The van der Waals surface area contributed by atoms with Crippen LogP contribution < -0.4 is 5.32 Å². The summed E-state index contributed by atoms with van der Waals surface area (Å²) < 4.78 is 27.0. The molecule has 1 fully saturated rings. The standard InChI is InChI=1S/C18H27F2N/c1-4-21-17(15-7-5-6-10-18(15,2)3)11-13-8-9-14(19)12-16(13)20/h8-9,12,15,17,21H,4-7,10-11H2,1-3H3. The number of halogens is 2. The van der Waals surface area contributed by atoms with Gasteiger partial charge in [-0.15, -0.1) is 0 Å². The molecule has 1 saturated carbocycles. The van der Waals surface area contributed by atoms with E-state index in [0.29, 0.717) is 17.9 Å². The van der Waals surface area contributed by atoms with Gasteiger partial charge in [0.05, 0.1) is 0 Å². The lowest BCUT2D eigenvalue weighted by Gasteiger charge is -2.43. The number of hydrogen-bond donors (Lipinski definition) is 1. The van der Waals surface area contributed by atoms with Crippen LogP contribution in [0.3, 0.4) is 0 Å². The summed E-state index contributed by atoms with van der Waals surface area (Å²) in [7, 11) is 0. The molecule has 0 bridgehead atoms. The van der Waals surface area contributed by atoms with Crippen LogP contribution in [-0.2, 0) is 6.42 Å². The Labute approximate surface area is 127 Å². The molecule has 1 nitrogen and oxygen atoms in total. The first-order chi connectivity index (χ1) is 9.94. The predicted octanol–water partition coefficient (Wildman–Crippen LogP) is 4.70. The van der Waals surface area contributed by atoms with Crippen molar-refractivity contribution in [2.75, 3.05) is 6.54 Å². The van der Waals surface area contributed by atoms with E-state index in [-0.39, 0.29) is 11.5 Å². The second-order valence-corrected chi connectivity index (χ2v) is 6.94. The van der Waals surface area contributed by atoms with Gasteiger partial charge in [0.25, 0.3) is 0 Å². The smallest absolute Gasteiger partial charge is 0.129 e. The SMILES string of the molecule is CCNC(Cc1ccc(F)cc1F)C1CCCCC1(C)C. The molecule has 3 heteroatoms. The first-order valence-electron chi connectivity index (χ1n) is 8.11. The maximum atomic E-state index is 13.9. The molecule has 1 aliphatic carbocycles. The van der Waals surface area contributed by atoms with E-state index in [9.17, 15) is 8.78 Å². The van der Waals surface area contributed by atoms with E-state index in [1.54, 1.807) is 6.07 Å². The molecule has 0 radical (unpaired) electrons. The zero-order valence-corrected chi connectivity index (χ0v) is 13.4. The Hall–Kier alpha value is -0.960. The highest BCUT2D eigenvalue weighted by molar-refractivity contribution is 5.20. The first-order valence-corrected chi connectivity index (χ1v) is 8.11. The van der Waals surface area contributed by atoms with Gasteiger partial charge in [-0.3, -0.25) is 0 Å². The molecule has 2 rings (SSSR count). The van der Waals surface area contributed by atoms with Crippen molar-refractivity contribution < 1.29 is 8.78 Å². The van der Waals surface area contributed by atoms with Crippen LogP contribution in [0, 0.1) is 23.0 Å². The minimum absolute atomic E-state index is 0.255. The molecule has 21 heavy (non-hydrogen) atoms. The van der Waals surface area contributed by atoms with Crippen molar-refractivity contribution in [1.29, 1.82) is 0 Å². The summed E-state index contributed by atoms with van der Waals surface area (Å²) in [4.78, 5) is 0. The van der Waals surface area contributed by atoms with Gasteiger partial charge in [-0.1, -0.05) is 39.7 Å². The Kier molecular flexibility index (Phi) is 5.37. The van der Waals surface area contributed by atoms with Crippen LogP contribution in [0.15, 0.2) is 18.2 Å². The maximum Gasteiger partial charge on any atom is 0.129 e. The molecule has 0 amide bonds. The molecule has 0 spiro atoms. The molecule has 2 unspecified atom stereocenters. The van der Waals surface area contributed by atoms with E-state index >= 15 is 0 Å². The molecule has 0 aromatic heterocycles. The number of nitrogens with one attached hydrogen (secondary N) is 1. The van der Waals surface area contributed by atoms with Gasteiger partial charge in [-0.25, -0.2) is 8.78 Å². The fourth-order valence-corrected chi connectivity index (χ4v) is 3.81. The second kappa shape index (κ2) is 6.87. The molecule has 1 aliphatic rings. The lowest BCUT2D eigenvalue weighted by molar-refractivity contribution is 0.0984. The van der Waals surface area contributed by atoms with Crippen molar-refractivity contribution in [2.45, 2.75) is 58.9 Å². The summed E-state index contributed by atoms with van der Waals surface area (Å²) in [6.07, 6.45) is 5.59. The average molecular weight is 295 g/mol. The van der Waals surface area contributed by atoms with Gasteiger partial charge in [0.1, 0.15) is 11.6 Å². The highest BCUT2D eigenvalue weighted by Crippen LogP contribution is 2.43. The summed E-state index contributed by atoms with van der Waals surface area (Å²) in [5, 5.41) is 3.54. The van der Waals surface area contributed by atoms with Gasteiger partial charge in [0.2, 0.25) is 0 Å². The number of rotatable bonds is 5. The van der Waals surface area contributed by atoms with Crippen molar-refractivity contribution in [1.82, 2.24) is 5.32 Å². The molecule has 1 N–H and O–H groups in total. The average Bonchev–Trinajstić information content (AvgIpc) is 2.41. The Bertz CT molecular complexity index is 470. The molecular weight excluding hydrogens is 268 g/mol. The molecule has 2 atom stereocenters. The van der Waals surface area contributed by atoms with Gasteiger partial charge in [-0.2, -0.15) is 0 Å². The van der Waals surface area contributed by atoms with E-state index in [1.807, 2.05) is 0 Å². The van der Waals surface area contributed by atoms with Crippen molar-refractivity contribution >= 4 is 0 Å². The molecule has 1 aromatic carbocycles. The Morgan fingerprint density at radius 2 is 2.05 bits per heavy atom. The molecule has 0 aliphatic heterocycles. The third-order valence-electron chi connectivity index (χ3n) is 5.00. The van der Waals surface area contributed by atoms with Crippen LogP contribution >= 0.6 is 0 Å². The van der Waals surface area contributed by atoms with Crippen LogP contribution in [-0.4, -0.2) is 12.6 Å². The van der Waals surface area contributed by atoms with Crippen LogP contribution in [0.5, 0.6) is 0 Å². The van der Waals surface area contributed by atoms with Gasteiger partial charge in [-0.05, 0) is 48.8 Å². The largest absolute Gasteiger partial charge is 0.314 e. The Morgan fingerprint density at radius 3 is 2.67 bits per heavy atom. The minimum atomic E-state index is -0.505. The third kappa shape index (κ3) is 4.03. The van der Waals surface area contributed by atoms with Crippen LogP contribution in [0.1, 0.15) is 52.0 Å². The Morgan fingerprint density at radius 1 is 1.29 bits per heavy atom. The maximum absolute atomic E-state index is 13.9. The highest BCUT2D eigenvalue weighted by Gasteiger charge is 2.37. The van der Waals surface area contributed by atoms with Gasteiger partial charge >= 0.3 is 0 Å². The second-order valence-electron chi connectivity index (χ2n) is 6.94. The summed E-state index contributed by atoms with van der Waals surface area (Å²) >= 11 is 0. The lowest BCUT2D eigenvalue weighted by atomic mass is 9.65. The lowest BCUT2D eigenvalue weighted by Crippen LogP contribution is -2.46. The minimum Gasteiger partial charge on any atom is -0.314 e. The number of hydrogen-bond acceptors (Lipinski definition) is 1. The van der Waals surface area contributed by atoms with Gasteiger partial charge < -0.3 is 5.32 Å². The molecule has 0 saturated heterocycles. The molecule has 1 aromatic rings. The van der Waals surface area contributed by atoms with E-state index < -0.39 is 11.6 Å². The van der Waals surface area contributed by atoms with Crippen LogP contribution in [0.4, 0.5) is 8.78 Å². The zero-order chi connectivity index (χ0) is 15.5. The van der Waals surface area contributed by atoms with Gasteiger partial charge in [0, 0.05) is 12.1 Å². The summed E-state index contributed by atoms with van der Waals surface area (Å²) in [5.74, 6) is -0.392. The molecule has 0 heterocycles. The number of likely N-dealkylation sites (N-methyl/N-ethyl adjacent to an activating group) is 1. The molecular formula is C18H27F2N. The quantitative estimate of drug-likeness (QED) is 0.830. The summed E-state index contributed by atoms with van der Waals surface area (Å²) in [6.45, 7) is 7.61. The topological polar surface area (TPSA) is 12.0 Å². The first kappa shape index (κ1) is 16.4. The van der Waals surface area contributed by atoms with Crippen LogP contribution in [0.2, 0.25) is 0 Å². The van der Waals surface area contributed by atoms with Gasteiger partial charge in [0.15, 0.2) is 0 Å². The van der Waals surface area contributed by atoms with Crippen molar-refractivity contribution in [3.05, 3.63) is 35.4 Å². The summed E-state index contributed by atoms with van der Waals surface area (Å²) in [5.41, 5.74) is 0.894. The summed E-state index contributed by atoms with van der Waals surface area (Å²) in [6, 6.07) is 4.19. The third-order valence-corrected chi connectivity index (χ3v) is 5.00. The fourth-order valence-electron chi connectivity index (χ4n) is 3.81. The zero-order valence-electron chi connectivity index (χ0n) is 13.4. The van der Waals surface area contributed by atoms with E-state index in [1.165, 1.54) is 31.7 Å². The monoisotopic (exact) mass is 295 g/mol. The van der Waals surface area contributed by atoms with E-state index in [0.717, 1.165) is 12.6 Å². The van der Waals surface area contributed by atoms with Crippen molar-refractivity contribution in [2.24, 2.45) is 11.3 Å². The van der Waals surface area contributed by atoms with Crippen LogP contribution in [0.25, 0.3) is 0 Å². The van der Waals surface area contributed by atoms with E-state index in [4.69, 9.17) is 0 Å². The van der Waals surface area contributed by atoms with E-state index in [2.05, 4.69) is 26.1 Å². The predicted molar refractivity (Wildman–Crippen MR) is 83.3 cm³/mol.